The zero-order chi connectivity index (χ0) is 17.9. The lowest BCUT2D eigenvalue weighted by atomic mass is 9.85. The Balaban J connectivity index is 1.94. The third kappa shape index (κ3) is 4.39. The van der Waals surface area contributed by atoms with Gasteiger partial charge in [0.05, 0.1) is 0 Å². The summed E-state index contributed by atoms with van der Waals surface area (Å²) in [4.78, 5) is 24.7. The van der Waals surface area contributed by atoms with Crippen LogP contribution in [0.3, 0.4) is 0 Å². The fourth-order valence-corrected chi connectivity index (χ4v) is 2.91. The molecule has 2 rings (SSSR count). The van der Waals surface area contributed by atoms with Crippen LogP contribution in [-0.4, -0.2) is 29.9 Å². The van der Waals surface area contributed by atoms with Gasteiger partial charge in [-0.1, -0.05) is 6.42 Å². The zero-order valence-corrected chi connectivity index (χ0v) is 13.3. The van der Waals surface area contributed by atoms with Crippen LogP contribution in [0.5, 0.6) is 0 Å². The number of hydrogen-bond acceptors (Lipinski definition) is 2. The molecule has 0 saturated heterocycles. The molecule has 1 aromatic rings. The van der Waals surface area contributed by atoms with Crippen molar-refractivity contribution in [2.45, 2.75) is 38.3 Å². The molecule has 0 spiro atoms. The van der Waals surface area contributed by atoms with Gasteiger partial charge in [-0.25, -0.2) is 18.0 Å². The van der Waals surface area contributed by atoms with Gasteiger partial charge in [-0.15, -0.1) is 0 Å². The molecule has 3 amide bonds. The van der Waals surface area contributed by atoms with Gasteiger partial charge in [0.25, 0.3) is 0 Å². The molecule has 1 aromatic carbocycles. The molecule has 8 heteroatoms. The van der Waals surface area contributed by atoms with Gasteiger partial charge in [-0.05, 0) is 37.0 Å². The van der Waals surface area contributed by atoms with Gasteiger partial charge in [0.1, 0.15) is 0 Å². The van der Waals surface area contributed by atoms with E-state index < -0.39 is 23.5 Å². The van der Waals surface area contributed by atoms with Crippen LogP contribution in [0.4, 0.5) is 18.0 Å². The molecule has 24 heavy (non-hydrogen) atoms. The molecule has 0 unspecified atom stereocenters. The van der Waals surface area contributed by atoms with Crippen LogP contribution < -0.4 is 11.1 Å². The van der Waals surface area contributed by atoms with Crippen molar-refractivity contribution in [2.75, 3.05) is 7.05 Å². The topological polar surface area (TPSA) is 75.4 Å². The summed E-state index contributed by atoms with van der Waals surface area (Å²) in [6.07, 6.45) is 2.72. The summed E-state index contributed by atoms with van der Waals surface area (Å²) in [6.45, 7) is -0.0775. The molecule has 1 aliphatic rings. The Hall–Kier alpha value is -2.25. The first kappa shape index (κ1) is 18.1. The maximum absolute atomic E-state index is 13.2. The maximum atomic E-state index is 13.2. The Morgan fingerprint density at radius 3 is 2.46 bits per heavy atom. The Labute approximate surface area is 138 Å². The smallest absolute Gasteiger partial charge is 0.317 e. The zero-order valence-electron chi connectivity index (χ0n) is 13.3. The van der Waals surface area contributed by atoms with Crippen molar-refractivity contribution in [1.29, 1.82) is 0 Å². The molecule has 0 heterocycles. The molecule has 132 valence electrons. The van der Waals surface area contributed by atoms with Crippen molar-refractivity contribution >= 4 is 11.9 Å². The van der Waals surface area contributed by atoms with Crippen LogP contribution in [0.25, 0.3) is 0 Å². The molecular formula is C16H20F3N3O2. The molecule has 3 N–H and O–H groups in total. The van der Waals surface area contributed by atoms with E-state index in [0.717, 1.165) is 25.0 Å². The summed E-state index contributed by atoms with van der Waals surface area (Å²) in [5.41, 5.74) is 5.44. The van der Waals surface area contributed by atoms with Gasteiger partial charge in [-0.2, -0.15) is 0 Å². The lowest BCUT2D eigenvalue weighted by molar-refractivity contribution is -0.122. The highest BCUT2D eigenvalue weighted by Gasteiger charge is 2.27. The molecule has 0 aliphatic heterocycles. The number of nitrogens with one attached hydrogen (secondary N) is 1. The standard InChI is InChI=1S/C16H20F3N3O2/c1-22(8-9-5-12(17)14(19)13(18)6-9)16(24)21-11-4-2-3-10(7-11)15(20)23/h5-6,10-11H,2-4,7-8H2,1H3,(H2,20,23)(H,21,24)/t10-,11-/m0/s1. The predicted molar refractivity (Wildman–Crippen MR) is 81.3 cm³/mol. The third-order valence-corrected chi connectivity index (χ3v) is 4.21. The summed E-state index contributed by atoms with van der Waals surface area (Å²) in [5, 5.41) is 2.78. The number of urea groups is 1. The highest BCUT2D eigenvalue weighted by atomic mass is 19.2. The fourth-order valence-electron chi connectivity index (χ4n) is 2.91. The van der Waals surface area contributed by atoms with Crippen molar-refractivity contribution in [3.63, 3.8) is 0 Å². The van der Waals surface area contributed by atoms with Gasteiger partial charge in [0.15, 0.2) is 17.5 Å². The van der Waals surface area contributed by atoms with Crippen LogP contribution in [-0.2, 0) is 11.3 Å². The predicted octanol–water partition coefficient (Wildman–Crippen LogP) is 2.29. The number of benzene rings is 1. The number of hydrogen-bond donors (Lipinski definition) is 2. The normalized spacial score (nSPS) is 20.5. The average molecular weight is 343 g/mol. The molecule has 0 radical (unpaired) electrons. The minimum absolute atomic E-state index is 0.0775. The van der Waals surface area contributed by atoms with Gasteiger partial charge in [0.2, 0.25) is 5.91 Å². The molecule has 1 saturated carbocycles. The number of carbonyl (C=O) groups is 2. The van der Waals surface area contributed by atoms with Crippen LogP contribution >= 0.6 is 0 Å². The maximum Gasteiger partial charge on any atom is 0.317 e. The molecule has 0 aromatic heterocycles. The monoisotopic (exact) mass is 343 g/mol. The molecule has 5 nitrogen and oxygen atoms in total. The lowest BCUT2D eigenvalue weighted by Gasteiger charge is -2.29. The lowest BCUT2D eigenvalue weighted by Crippen LogP contribution is -2.46. The number of nitrogens with zero attached hydrogens (tertiary/aromatic N) is 1. The van der Waals surface area contributed by atoms with Gasteiger partial charge < -0.3 is 16.0 Å². The Kier molecular flexibility index (Phi) is 5.69. The molecule has 1 fully saturated rings. The van der Waals surface area contributed by atoms with E-state index in [1.165, 1.54) is 11.9 Å². The van der Waals surface area contributed by atoms with Crippen LogP contribution in [0.15, 0.2) is 12.1 Å². The Morgan fingerprint density at radius 1 is 1.25 bits per heavy atom. The van der Waals surface area contributed by atoms with Crippen molar-refractivity contribution < 1.29 is 22.8 Å². The van der Waals surface area contributed by atoms with Crippen LogP contribution in [0, 0.1) is 23.4 Å². The first-order valence-corrected chi connectivity index (χ1v) is 7.72. The van der Waals surface area contributed by atoms with E-state index in [9.17, 15) is 22.8 Å². The summed E-state index contributed by atoms with van der Waals surface area (Å²) in [7, 11) is 1.46. The minimum Gasteiger partial charge on any atom is -0.369 e. The first-order valence-electron chi connectivity index (χ1n) is 7.72. The molecule has 1 aliphatic carbocycles. The van der Waals surface area contributed by atoms with Gasteiger partial charge in [0, 0.05) is 25.6 Å². The van der Waals surface area contributed by atoms with E-state index in [1.807, 2.05) is 0 Å². The second kappa shape index (κ2) is 7.55. The van der Waals surface area contributed by atoms with E-state index >= 15 is 0 Å². The van der Waals surface area contributed by atoms with E-state index in [0.29, 0.717) is 12.8 Å². The number of carbonyl (C=O) groups excluding carboxylic acids is 2. The molecular weight excluding hydrogens is 323 g/mol. The quantitative estimate of drug-likeness (QED) is 0.823. The van der Waals surface area contributed by atoms with E-state index in [4.69, 9.17) is 5.73 Å². The SMILES string of the molecule is CN(Cc1cc(F)c(F)c(F)c1)C(=O)N[C@H]1CCC[C@H](C(N)=O)C1. The number of amides is 3. The fraction of sp³-hybridized carbons (Fsp3) is 0.500. The average Bonchev–Trinajstić information content (AvgIpc) is 2.52. The Morgan fingerprint density at radius 2 is 1.88 bits per heavy atom. The third-order valence-electron chi connectivity index (χ3n) is 4.21. The van der Waals surface area contributed by atoms with Crippen LogP contribution in [0.1, 0.15) is 31.2 Å². The number of halogens is 3. The number of nitrogens with two attached hydrogens (primary N) is 1. The van der Waals surface area contributed by atoms with E-state index in [-0.39, 0.29) is 30.0 Å². The summed E-state index contributed by atoms with van der Waals surface area (Å²) >= 11 is 0. The highest BCUT2D eigenvalue weighted by molar-refractivity contribution is 5.77. The minimum atomic E-state index is -1.54. The summed E-state index contributed by atoms with van der Waals surface area (Å²) in [5.74, 6) is -4.76. The van der Waals surface area contributed by atoms with Crippen molar-refractivity contribution in [2.24, 2.45) is 11.7 Å². The van der Waals surface area contributed by atoms with Crippen molar-refractivity contribution in [3.05, 3.63) is 35.1 Å². The second-order valence-electron chi connectivity index (χ2n) is 6.14. The summed E-state index contributed by atoms with van der Waals surface area (Å²) < 4.78 is 39.3. The first-order chi connectivity index (χ1) is 11.3. The van der Waals surface area contributed by atoms with Crippen molar-refractivity contribution in [1.82, 2.24) is 10.2 Å². The largest absolute Gasteiger partial charge is 0.369 e. The second-order valence-corrected chi connectivity index (χ2v) is 6.14. The number of primary amides is 1. The Bertz CT molecular complexity index is 616. The summed E-state index contributed by atoms with van der Waals surface area (Å²) in [6, 6.07) is 1.10. The van der Waals surface area contributed by atoms with E-state index in [2.05, 4.69) is 5.32 Å². The highest BCUT2D eigenvalue weighted by Crippen LogP contribution is 2.24. The number of rotatable bonds is 4. The van der Waals surface area contributed by atoms with Crippen molar-refractivity contribution in [3.8, 4) is 0 Å². The van der Waals surface area contributed by atoms with E-state index in [1.54, 1.807) is 0 Å². The molecule has 2 atom stereocenters. The van der Waals surface area contributed by atoms with Crippen LogP contribution in [0.2, 0.25) is 0 Å². The van der Waals surface area contributed by atoms with Gasteiger partial charge in [-0.3, -0.25) is 4.79 Å². The molecule has 0 bridgehead atoms. The van der Waals surface area contributed by atoms with Gasteiger partial charge >= 0.3 is 6.03 Å².